The Labute approximate surface area is 184 Å². The zero-order valence-electron chi connectivity index (χ0n) is 15.8. The Morgan fingerprint density at radius 2 is 2.14 bits per heavy atom. The van der Waals surface area contributed by atoms with Gasteiger partial charge in [-0.3, -0.25) is 0 Å². The first-order valence-corrected chi connectivity index (χ1v) is 11.4. The summed E-state index contributed by atoms with van der Waals surface area (Å²) in [6.07, 6.45) is 0. The van der Waals surface area contributed by atoms with Gasteiger partial charge >= 0.3 is 0 Å². The normalized spacial score (nSPS) is 12.1. The number of hydrogen-bond acceptors (Lipinski definition) is 8. The summed E-state index contributed by atoms with van der Waals surface area (Å²) >= 11 is 5.95. The van der Waals surface area contributed by atoms with E-state index in [0.717, 1.165) is 18.3 Å². The van der Waals surface area contributed by atoms with Gasteiger partial charge in [-0.1, -0.05) is 23.8 Å². The zero-order valence-corrected chi connectivity index (χ0v) is 19.0. The number of hydrogen-bond donors (Lipinski definition) is 4. The molecular formula is C16H21BrFN7O2S2. The predicted molar refractivity (Wildman–Crippen MR) is 118 cm³/mol. The molecule has 4 N–H and O–H groups in total. The van der Waals surface area contributed by atoms with E-state index < -0.39 is 5.82 Å². The summed E-state index contributed by atoms with van der Waals surface area (Å²) in [5.74, 6) is 1.89. The van der Waals surface area contributed by atoms with Gasteiger partial charge in [-0.25, -0.2) is 9.02 Å². The van der Waals surface area contributed by atoms with E-state index in [4.69, 9.17) is 4.63 Å². The van der Waals surface area contributed by atoms with Crippen LogP contribution in [0.4, 0.5) is 10.1 Å². The van der Waals surface area contributed by atoms with Crippen molar-refractivity contribution < 1.29 is 14.2 Å². The van der Waals surface area contributed by atoms with Gasteiger partial charge in [0.25, 0.3) is 0 Å². The second kappa shape index (κ2) is 12.5. The third kappa shape index (κ3) is 7.40. The molecule has 2 rings (SSSR count). The van der Waals surface area contributed by atoms with Gasteiger partial charge in [0.05, 0.1) is 4.47 Å². The molecule has 0 atom stereocenters. The number of oxime groups is 1. The largest absolute Gasteiger partial charge is 0.409 e. The van der Waals surface area contributed by atoms with Crippen LogP contribution in [0.15, 0.2) is 41.9 Å². The summed E-state index contributed by atoms with van der Waals surface area (Å²) < 4.78 is 22.8. The minimum absolute atomic E-state index is 0.0365. The van der Waals surface area contributed by atoms with Crippen molar-refractivity contribution in [3.63, 3.8) is 0 Å². The van der Waals surface area contributed by atoms with Crippen molar-refractivity contribution in [1.82, 2.24) is 20.9 Å². The van der Waals surface area contributed by atoms with E-state index in [0.29, 0.717) is 23.0 Å². The van der Waals surface area contributed by atoms with Crippen LogP contribution in [0.2, 0.25) is 0 Å². The van der Waals surface area contributed by atoms with Crippen LogP contribution < -0.4 is 16.0 Å². The van der Waals surface area contributed by atoms with E-state index in [2.05, 4.69) is 51.7 Å². The number of nitrogens with zero attached hydrogens (tertiary/aromatic N) is 4. The first kappa shape index (κ1) is 23.3. The van der Waals surface area contributed by atoms with E-state index >= 15 is 0 Å². The number of nitrogens with one attached hydrogen (secondary N) is 3. The molecule has 1 aromatic carbocycles. The smallest absolute Gasteiger partial charge is 0.203 e. The Balaban J connectivity index is 1.95. The Morgan fingerprint density at radius 1 is 1.31 bits per heavy atom. The van der Waals surface area contributed by atoms with E-state index in [1.807, 2.05) is 13.8 Å². The maximum absolute atomic E-state index is 13.4. The summed E-state index contributed by atoms with van der Waals surface area (Å²) in [7, 11) is 0. The molecule has 2 aromatic rings. The molecule has 0 spiro atoms. The molecule has 0 amide bonds. The van der Waals surface area contributed by atoms with Gasteiger partial charge in [0.1, 0.15) is 5.82 Å². The predicted octanol–water partition coefficient (Wildman–Crippen LogP) is 3.53. The standard InChI is InChI=1S/C16H21BrFN7O2S2/c1-3-19-16(25-29-4-2)20-7-8-28-15-13(23-27-24-15)14(22-26)21-10-5-6-12(18)11(17)9-10/h5-6,9,26H,3-4,7-8H2,1-2H3,(H,21,22)(H2,19,20,25). The van der Waals surface area contributed by atoms with Crippen LogP contribution in [-0.2, 0) is 0 Å². The Bertz CT molecular complexity index is 850. The van der Waals surface area contributed by atoms with Crippen molar-refractivity contribution in [2.45, 2.75) is 18.9 Å². The summed E-state index contributed by atoms with van der Waals surface area (Å²) in [6, 6.07) is 4.30. The number of guanidine groups is 1. The second-order valence-electron chi connectivity index (χ2n) is 5.28. The van der Waals surface area contributed by atoms with Gasteiger partial charge in [0.2, 0.25) is 11.8 Å². The highest BCUT2D eigenvalue weighted by Gasteiger charge is 2.18. The van der Waals surface area contributed by atoms with E-state index in [1.54, 1.807) is 0 Å². The van der Waals surface area contributed by atoms with Gasteiger partial charge in [-0.05, 0) is 63.3 Å². The Hall–Kier alpha value is -1.99. The maximum Gasteiger partial charge on any atom is 0.203 e. The quantitative estimate of drug-likeness (QED) is 0.0770. The third-order valence-corrected chi connectivity index (χ3v) is 5.35. The minimum atomic E-state index is -0.400. The topological polar surface area (TPSA) is 120 Å². The van der Waals surface area contributed by atoms with Crippen molar-refractivity contribution in [2.75, 3.05) is 29.9 Å². The Morgan fingerprint density at radius 3 is 2.83 bits per heavy atom. The lowest BCUT2D eigenvalue weighted by Crippen LogP contribution is -2.37. The molecule has 0 radical (unpaired) electrons. The highest BCUT2D eigenvalue weighted by molar-refractivity contribution is 9.10. The van der Waals surface area contributed by atoms with Gasteiger partial charge in [0.15, 0.2) is 10.7 Å². The average molecular weight is 506 g/mol. The lowest BCUT2D eigenvalue weighted by molar-refractivity contribution is 0.297. The first-order valence-electron chi connectivity index (χ1n) is 8.66. The SMILES string of the molecule is CCN/C(=N\SCC)NCCSc1nonc1/C(=N/O)Nc1ccc(F)c(Br)c1. The minimum Gasteiger partial charge on any atom is -0.409 e. The Kier molecular flexibility index (Phi) is 10.1. The van der Waals surface area contributed by atoms with Crippen LogP contribution in [0.3, 0.4) is 0 Å². The lowest BCUT2D eigenvalue weighted by Gasteiger charge is -2.10. The van der Waals surface area contributed by atoms with Crippen LogP contribution >= 0.6 is 39.6 Å². The van der Waals surface area contributed by atoms with Gasteiger partial charge < -0.3 is 21.2 Å². The number of benzene rings is 1. The fourth-order valence-electron chi connectivity index (χ4n) is 2.00. The summed E-state index contributed by atoms with van der Waals surface area (Å²) in [5, 5.41) is 30.0. The highest BCUT2D eigenvalue weighted by atomic mass is 79.9. The maximum atomic E-state index is 13.4. The third-order valence-electron chi connectivity index (χ3n) is 3.23. The number of halogens is 2. The summed E-state index contributed by atoms with van der Waals surface area (Å²) in [5.41, 5.74) is 0.756. The summed E-state index contributed by atoms with van der Waals surface area (Å²) in [4.78, 5) is 0. The van der Waals surface area contributed by atoms with Crippen LogP contribution in [0, 0.1) is 5.82 Å². The number of aromatic nitrogens is 2. The van der Waals surface area contributed by atoms with Crippen molar-refractivity contribution in [1.29, 1.82) is 0 Å². The van der Waals surface area contributed by atoms with Crippen LogP contribution in [0.25, 0.3) is 0 Å². The molecule has 0 unspecified atom stereocenters. The molecule has 0 aliphatic carbocycles. The van der Waals surface area contributed by atoms with Crippen molar-refractivity contribution in [3.05, 3.63) is 34.2 Å². The molecule has 158 valence electrons. The van der Waals surface area contributed by atoms with Crippen molar-refractivity contribution in [3.8, 4) is 0 Å². The molecule has 13 heteroatoms. The first-order chi connectivity index (χ1) is 14.1. The number of thioether (sulfide) groups is 1. The average Bonchev–Trinajstić information content (AvgIpc) is 3.18. The molecule has 0 saturated carbocycles. The van der Waals surface area contributed by atoms with Crippen molar-refractivity contribution >= 4 is 57.1 Å². The molecule has 0 aliphatic rings. The molecular weight excluding hydrogens is 485 g/mol. The molecule has 9 nitrogen and oxygen atoms in total. The number of rotatable bonds is 9. The molecule has 0 bridgehead atoms. The monoisotopic (exact) mass is 505 g/mol. The number of anilines is 1. The fraction of sp³-hybridized carbons (Fsp3) is 0.375. The molecule has 0 fully saturated rings. The molecule has 1 aromatic heterocycles. The molecule has 29 heavy (non-hydrogen) atoms. The summed E-state index contributed by atoms with van der Waals surface area (Å²) in [6.45, 7) is 5.42. The highest BCUT2D eigenvalue weighted by Crippen LogP contribution is 2.23. The van der Waals surface area contributed by atoms with Gasteiger partial charge in [-0.15, -0.1) is 0 Å². The molecule has 1 heterocycles. The van der Waals surface area contributed by atoms with E-state index in [1.165, 1.54) is 41.9 Å². The second-order valence-corrected chi connectivity index (χ2v) is 8.24. The van der Waals surface area contributed by atoms with E-state index in [9.17, 15) is 9.60 Å². The van der Waals surface area contributed by atoms with Crippen LogP contribution in [0.1, 0.15) is 19.5 Å². The van der Waals surface area contributed by atoms with Gasteiger partial charge in [-0.2, -0.15) is 4.40 Å². The molecule has 0 saturated heterocycles. The van der Waals surface area contributed by atoms with Crippen LogP contribution in [0.5, 0.6) is 0 Å². The molecule has 0 aliphatic heterocycles. The van der Waals surface area contributed by atoms with Crippen molar-refractivity contribution in [2.24, 2.45) is 9.55 Å². The number of amidine groups is 1. The lowest BCUT2D eigenvalue weighted by atomic mass is 10.3. The van der Waals surface area contributed by atoms with E-state index in [-0.39, 0.29) is 16.0 Å². The zero-order chi connectivity index (χ0) is 21.1. The van der Waals surface area contributed by atoms with Gasteiger partial charge in [0, 0.05) is 30.3 Å². The van der Waals surface area contributed by atoms with Crippen LogP contribution in [-0.4, -0.2) is 51.9 Å². The fourth-order valence-corrected chi connectivity index (χ4v) is 3.52.